The average Bonchev–Trinajstić information content (AvgIpc) is 3.09. The second kappa shape index (κ2) is 6.79. The molecule has 4 aromatic rings. The van der Waals surface area contributed by atoms with Crippen molar-refractivity contribution >= 4 is 16.9 Å². The van der Waals surface area contributed by atoms with Gasteiger partial charge in [-0.3, -0.25) is 0 Å². The molecule has 1 aromatic carbocycles. The fourth-order valence-electron chi connectivity index (χ4n) is 2.69. The van der Waals surface area contributed by atoms with Crippen LogP contribution in [0, 0.1) is 6.92 Å². The maximum atomic E-state index is 5.09. The lowest BCUT2D eigenvalue weighted by Gasteiger charge is -2.08. The highest BCUT2D eigenvalue weighted by Crippen LogP contribution is 2.19. The van der Waals surface area contributed by atoms with Gasteiger partial charge in [-0.05, 0) is 25.1 Å². The summed E-state index contributed by atoms with van der Waals surface area (Å²) >= 11 is 0. The summed E-state index contributed by atoms with van der Waals surface area (Å²) in [5.41, 5.74) is 3.68. The first-order valence-corrected chi connectivity index (χ1v) is 8.25. The van der Waals surface area contributed by atoms with E-state index in [-0.39, 0.29) is 0 Å². The molecule has 0 radical (unpaired) electrons. The van der Waals surface area contributed by atoms with Crippen molar-refractivity contribution in [3.05, 3.63) is 60.2 Å². The van der Waals surface area contributed by atoms with E-state index in [9.17, 15) is 0 Å². The lowest BCUT2D eigenvalue weighted by Crippen LogP contribution is -2.05. The number of ether oxygens (including phenoxy) is 1. The van der Waals surface area contributed by atoms with Crippen LogP contribution in [0.15, 0.2) is 48.7 Å². The second-order valence-corrected chi connectivity index (χ2v) is 5.86. The molecule has 7 nitrogen and oxygen atoms in total. The van der Waals surface area contributed by atoms with Crippen LogP contribution in [0.4, 0.5) is 5.82 Å². The van der Waals surface area contributed by atoms with E-state index < -0.39 is 0 Å². The van der Waals surface area contributed by atoms with Gasteiger partial charge in [0.05, 0.1) is 24.7 Å². The minimum atomic E-state index is 0.547. The number of nitrogens with one attached hydrogen (secondary N) is 2. The van der Waals surface area contributed by atoms with Gasteiger partial charge in [0, 0.05) is 29.6 Å². The van der Waals surface area contributed by atoms with Crippen LogP contribution in [-0.4, -0.2) is 32.0 Å². The third-order valence-electron chi connectivity index (χ3n) is 3.93. The van der Waals surface area contributed by atoms with Gasteiger partial charge in [0.1, 0.15) is 11.6 Å². The maximum absolute atomic E-state index is 5.09. The van der Waals surface area contributed by atoms with Crippen LogP contribution in [0.3, 0.4) is 0 Å². The number of hydrogen-bond donors (Lipinski definition) is 2. The van der Waals surface area contributed by atoms with E-state index in [4.69, 9.17) is 4.74 Å². The van der Waals surface area contributed by atoms with Gasteiger partial charge in [-0.1, -0.05) is 12.1 Å². The molecule has 0 spiro atoms. The van der Waals surface area contributed by atoms with Gasteiger partial charge in [0.25, 0.3) is 0 Å². The molecule has 0 atom stereocenters. The van der Waals surface area contributed by atoms with Crippen LogP contribution in [0.25, 0.3) is 22.4 Å². The molecule has 0 aliphatic carbocycles. The van der Waals surface area contributed by atoms with Crippen LogP contribution in [-0.2, 0) is 6.54 Å². The summed E-state index contributed by atoms with van der Waals surface area (Å²) in [6.45, 7) is 2.49. The molecular weight excluding hydrogens is 328 g/mol. The first kappa shape index (κ1) is 16.0. The molecule has 130 valence electrons. The van der Waals surface area contributed by atoms with Gasteiger partial charge in [0.2, 0.25) is 5.88 Å². The number of pyridine rings is 1. The fourth-order valence-corrected chi connectivity index (χ4v) is 2.69. The summed E-state index contributed by atoms with van der Waals surface area (Å²) in [6, 6.07) is 13.5. The quantitative estimate of drug-likeness (QED) is 0.576. The van der Waals surface area contributed by atoms with E-state index in [0.717, 1.165) is 33.9 Å². The number of aromatic nitrogens is 5. The number of rotatable bonds is 5. The number of fused-ring (bicyclic) bond motifs is 1. The molecule has 0 unspecified atom stereocenters. The Balaban J connectivity index is 1.55. The summed E-state index contributed by atoms with van der Waals surface area (Å²) in [5, 5.41) is 3.31. The first-order valence-electron chi connectivity index (χ1n) is 8.25. The Kier molecular flexibility index (Phi) is 4.18. The van der Waals surface area contributed by atoms with Gasteiger partial charge in [-0.15, -0.1) is 0 Å². The van der Waals surface area contributed by atoms with Crippen molar-refractivity contribution in [2.45, 2.75) is 13.5 Å². The van der Waals surface area contributed by atoms with Gasteiger partial charge in [0.15, 0.2) is 5.82 Å². The number of methoxy groups -OCH3 is 1. The molecule has 0 bridgehead atoms. The third-order valence-corrected chi connectivity index (χ3v) is 3.93. The SMILES string of the molecule is COc1ccc(-c2nc(C)cc(NCc3nc4ccccc4[nH]3)n2)cn1. The van der Waals surface area contributed by atoms with Gasteiger partial charge in [-0.2, -0.15) is 0 Å². The Morgan fingerprint density at radius 3 is 2.73 bits per heavy atom. The minimum Gasteiger partial charge on any atom is -0.481 e. The highest BCUT2D eigenvalue weighted by Gasteiger charge is 2.07. The smallest absolute Gasteiger partial charge is 0.212 e. The van der Waals surface area contributed by atoms with E-state index in [1.807, 2.05) is 43.3 Å². The molecule has 0 amide bonds. The number of aryl methyl sites for hydroxylation is 1. The molecule has 0 saturated heterocycles. The predicted molar refractivity (Wildman–Crippen MR) is 100.0 cm³/mol. The topological polar surface area (TPSA) is 88.6 Å². The van der Waals surface area contributed by atoms with E-state index in [0.29, 0.717) is 18.2 Å². The summed E-state index contributed by atoms with van der Waals surface area (Å²) < 4.78 is 5.09. The maximum Gasteiger partial charge on any atom is 0.212 e. The molecule has 0 fully saturated rings. The zero-order valence-electron chi connectivity index (χ0n) is 14.5. The number of hydrogen-bond acceptors (Lipinski definition) is 6. The number of H-pyrrole nitrogens is 1. The van der Waals surface area contributed by atoms with Crippen LogP contribution >= 0.6 is 0 Å². The third kappa shape index (κ3) is 3.32. The number of para-hydroxylation sites is 2. The highest BCUT2D eigenvalue weighted by molar-refractivity contribution is 5.74. The second-order valence-electron chi connectivity index (χ2n) is 5.86. The Hall–Kier alpha value is -3.48. The number of imidazole rings is 1. The Labute approximate surface area is 150 Å². The normalized spacial score (nSPS) is 10.8. The molecular formula is C19H18N6O. The number of benzene rings is 1. The lowest BCUT2D eigenvalue weighted by atomic mass is 10.2. The van der Waals surface area contributed by atoms with Crippen molar-refractivity contribution in [2.75, 3.05) is 12.4 Å². The standard InChI is InChI=1S/C19H18N6O/c1-12-9-16(20-11-17-23-14-5-3-4-6-15(14)24-17)25-19(22-12)13-7-8-18(26-2)21-10-13/h3-10H,11H2,1-2H3,(H,23,24)(H,20,22,25). The molecule has 26 heavy (non-hydrogen) atoms. The number of anilines is 1. The zero-order chi connectivity index (χ0) is 17.9. The van der Waals surface area contributed by atoms with Crippen molar-refractivity contribution < 1.29 is 4.74 Å². The fraction of sp³-hybridized carbons (Fsp3) is 0.158. The zero-order valence-corrected chi connectivity index (χ0v) is 14.5. The van der Waals surface area contributed by atoms with Crippen LogP contribution in [0.2, 0.25) is 0 Å². The molecule has 0 aliphatic heterocycles. The van der Waals surface area contributed by atoms with E-state index >= 15 is 0 Å². The van der Waals surface area contributed by atoms with E-state index in [1.54, 1.807) is 19.4 Å². The summed E-state index contributed by atoms with van der Waals surface area (Å²) in [6.07, 6.45) is 1.70. The van der Waals surface area contributed by atoms with Crippen molar-refractivity contribution in [3.8, 4) is 17.3 Å². The van der Waals surface area contributed by atoms with Crippen molar-refractivity contribution in [2.24, 2.45) is 0 Å². The molecule has 0 saturated carbocycles. The monoisotopic (exact) mass is 346 g/mol. The lowest BCUT2D eigenvalue weighted by molar-refractivity contribution is 0.398. The first-order chi connectivity index (χ1) is 12.7. The van der Waals surface area contributed by atoms with Gasteiger partial charge >= 0.3 is 0 Å². The molecule has 3 heterocycles. The summed E-state index contributed by atoms with van der Waals surface area (Å²) in [7, 11) is 1.59. The molecule has 4 rings (SSSR count). The average molecular weight is 346 g/mol. The van der Waals surface area contributed by atoms with E-state index in [2.05, 4.69) is 30.2 Å². The summed E-state index contributed by atoms with van der Waals surface area (Å²) in [5.74, 6) is 2.77. The van der Waals surface area contributed by atoms with Crippen molar-refractivity contribution in [1.29, 1.82) is 0 Å². The Morgan fingerprint density at radius 1 is 1.08 bits per heavy atom. The van der Waals surface area contributed by atoms with E-state index in [1.165, 1.54) is 0 Å². The Bertz CT molecular complexity index is 1010. The van der Waals surface area contributed by atoms with Crippen LogP contribution in [0.1, 0.15) is 11.5 Å². The largest absolute Gasteiger partial charge is 0.481 e. The van der Waals surface area contributed by atoms with Crippen molar-refractivity contribution in [3.63, 3.8) is 0 Å². The van der Waals surface area contributed by atoms with Gasteiger partial charge < -0.3 is 15.0 Å². The molecule has 2 N–H and O–H groups in total. The van der Waals surface area contributed by atoms with Crippen LogP contribution < -0.4 is 10.1 Å². The Morgan fingerprint density at radius 2 is 1.96 bits per heavy atom. The molecule has 0 aliphatic rings. The highest BCUT2D eigenvalue weighted by atomic mass is 16.5. The molecule has 7 heteroatoms. The predicted octanol–water partition coefficient (Wildman–Crippen LogP) is 3.34. The summed E-state index contributed by atoms with van der Waals surface area (Å²) in [4.78, 5) is 21.2. The number of nitrogens with zero attached hydrogens (tertiary/aromatic N) is 4. The molecule has 3 aromatic heterocycles. The number of aromatic amines is 1. The minimum absolute atomic E-state index is 0.547. The van der Waals surface area contributed by atoms with Gasteiger partial charge in [-0.25, -0.2) is 19.9 Å². The van der Waals surface area contributed by atoms with Crippen molar-refractivity contribution in [1.82, 2.24) is 24.9 Å². The van der Waals surface area contributed by atoms with Crippen LogP contribution in [0.5, 0.6) is 5.88 Å².